The highest BCUT2D eigenvalue weighted by molar-refractivity contribution is 5.66. The maximum absolute atomic E-state index is 10.8. The Morgan fingerprint density at radius 2 is 2.21 bits per heavy atom. The molecule has 0 aromatic rings. The van der Waals surface area contributed by atoms with Gasteiger partial charge in [0.25, 0.3) is 0 Å². The molecule has 14 heavy (non-hydrogen) atoms. The van der Waals surface area contributed by atoms with Crippen LogP contribution in [-0.2, 0) is 0 Å². The number of nitrogens with zero attached hydrogens (tertiary/aromatic N) is 2. The molecule has 0 saturated carbocycles. The molecule has 2 aliphatic rings. The molecular formula is C9H16N2O3. The smallest absolute Gasteiger partial charge is 0.407 e. The quantitative estimate of drug-likeness (QED) is 0.640. The van der Waals surface area contributed by atoms with Gasteiger partial charge in [-0.05, 0) is 18.9 Å². The molecule has 2 rings (SSSR count). The third-order valence-corrected chi connectivity index (χ3v) is 3.30. The second-order valence-electron chi connectivity index (χ2n) is 4.08. The van der Waals surface area contributed by atoms with Crippen molar-refractivity contribution in [3.8, 4) is 0 Å². The standard InChI is InChI=1S/C9H16N2O3/c12-4-3-10-2-1-7-5-11(9(13)14)8(7)6-10/h7-8,12H,1-6H2,(H,13,14). The fourth-order valence-electron chi connectivity index (χ4n) is 2.43. The van der Waals surface area contributed by atoms with Crippen molar-refractivity contribution in [2.45, 2.75) is 12.5 Å². The summed E-state index contributed by atoms with van der Waals surface area (Å²) in [5.41, 5.74) is 0. The number of likely N-dealkylation sites (tertiary alicyclic amines) is 2. The van der Waals surface area contributed by atoms with Gasteiger partial charge >= 0.3 is 6.09 Å². The lowest BCUT2D eigenvalue weighted by molar-refractivity contribution is -0.0320. The predicted molar refractivity (Wildman–Crippen MR) is 50.2 cm³/mol. The Kier molecular flexibility index (Phi) is 2.60. The maximum atomic E-state index is 10.8. The van der Waals surface area contributed by atoms with Crippen molar-refractivity contribution in [1.82, 2.24) is 9.80 Å². The summed E-state index contributed by atoms with van der Waals surface area (Å²) >= 11 is 0. The SMILES string of the molecule is O=C(O)N1CC2CCN(CCO)CC21. The summed E-state index contributed by atoms with van der Waals surface area (Å²) < 4.78 is 0. The Balaban J connectivity index is 1.89. The van der Waals surface area contributed by atoms with E-state index >= 15 is 0 Å². The molecule has 0 aromatic heterocycles. The van der Waals surface area contributed by atoms with E-state index in [1.807, 2.05) is 0 Å². The van der Waals surface area contributed by atoms with E-state index in [0.717, 1.165) is 19.5 Å². The van der Waals surface area contributed by atoms with E-state index in [2.05, 4.69) is 4.90 Å². The van der Waals surface area contributed by atoms with Crippen molar-refractivity contribution < 1.29 is 15.0 Å². The molecule has 2 saturated heterocycles. The van der Waals surface area contributed by atoms with Gasteiger partial charge in [0.05, 0.1) is 12.6 Å². The minimum Gasteiger partial charge on any atom is -0.465 e. The van der Waals surface area contributed by atoms with Crippen LogP contribution in [0.3, 0.4) is 0 Å². The fourth-order valence-corrected chi connectivity index (χ4v) is 2.43. The van der Waals surface area contributed by atoms with Gasteiger partial charge in [0.2, 0.25) is 0 Å². The molecule has 5 heteroatoms. The van der Waals surface area contributed by atoms with Crippen LogP contribution in [0.5, 0.6) is 0 Å². The molecule has 0 aromatic carbocycles. The average molecular weight is 200 g/mol. The molecule has 2 fully saturated rings. The van der Waals surface area contributed by atoms with Gasteiger partial charge in [0.15, 0.2) is 0 Å². The number of piperidine rings is 1. The molecule has 2 atom stereocenters. The van der Waals surface area contributed by atoms with Gasteiger partial charge in [-0.3, -0.25) is 4.90 Å². The molecule has 0 bridgehead atoms. The Morgan fingerprint density at radius 1 is 1.43 bits per heavy atom. The Morgan fingerprint density at radius 3 is 2.86 bits per heavy atom. The number of carbonyl (C=O) groups is 1. The molecule has 5 nitrogen and oxygen atoms in total. The third kappa shape index (κ3) is 1.57. The summed E-state index contributed by atoms with van der Waals surface area (Å²) in [6.45, 7) is 3.31. The van der Waals surface area contributed by atoms with Gasteiger partial charge in [-0.25, -0.2) is 4.79 Å². The molecular weight excluding hydrogens is 184 g/mol. The first kappa shape index (κ1) is 9.73. The molecule has 2 unspecified atom stereocenters. The topological polar surface area (TPSA) is 64.0 Å². The predicted octanol–water partition coefficient (Wildman–Crippen LogP) is -0.337. The lowest BCUT2D eigenvalue weighted by atomic mass is 9.83. The first-order chi connectivity index (χ1) is 6.72. The Hall–Kier alpha value is -0.810. The summed E-state index contributed by atoms with van der Waals surface area (Å²) in [6.07, 6.45) is 0.256. The number of aliphatic hydroxyl groups excluding tert-OH is 1. The van der Waals surface area contributed by atoms with E-state index in [-0.39, 0.29) is 12.6 Å². The number of rotatable bonds is 2. The number of carboxylic acid groups (broad SMARTS) is 1. The second-order valence-corrected chi connectivity index (χ2v) is 4.08. The van der Waals surface area contributed by atoms with Gasteiger partial charge in [-0.1, -0.05) is 0 Å². The second kappa shape index (κ2) is 3.74. The van der Waals surface area contributed by atoms with Crippen LogP contribution in [0.15, 0.2) is 0 Å². The van der Waals surface area contributed by atoms with Gasteiger partial charge in [-0.15, -0.1) is 0 Å². The first-order valence-corrected chi connectivity index (χ1v) is 5.05. The largest absolute Gasteiger partial charge is 0.465 e. The zero-order valence-corrected chi connectivity index (χ0v) is 8.09. The van der Waals surface area contributed by atoms with Crippen molar-refractivity contribution >= 4 is 6.09 Å². The van der Waals surface area contributed by atoms with Crippen molar-refractivity contribution in [3.05, 3.63) is 0 Å². The van der Waals surface area contributed by atoms with Gasteiger partial charge in [0.1, 0.15) is 0 Å². The fraction of sp³-hybridized carbons (Fsp3) is 0.889. The van der Waals surface area contributed by atoms with Crippen LogP contribution in [-0.4, -0.2) is 64.9 Å². The van der Waals surface area contributed by atoms with Crippen LogP contribution in [0.1, 0.15) is 6.42 Å². The molecule has 0 spiro atoms. The van der Waals surface area contributed by atoms with Crippen molar-refractivity contribution in [3.63, 3.8) is 0 Å². The van der Waals surface area contributed by atoms with E-state index in [1.54, 1.807) is 0 Å². The lowest BCUT2D eigenvalue weighted by Gasteiger charge is -2.52. The van der Waals surface area contributed by atoms with Crippen LogP contribution >= 0.6 is 0 Å². The highest BCUT2D eigenvalue weighted by Crippen LogP contribution is 2.32. The van der Waals surface area contributed by atoms with E-state index in [1.165, 1.54) is 4.90 Å². The summed E-state index contributed by atoms with van der Waals surface area (Å²) in [6, 6.07) is 0.174. The number of fused-ring (bicyclic) bond motifs is 1. The summed E-state index contributed by atoms with van der Waals surface area (Å²) in [7, 11) is 0. The summed E-state index contributed by atoms with van der Waals surface area (Å²) in [5, 5.41) is 17.6. The van der Waals surface area contributed by atoms with E-state index in [4.69, 9.17) is 10.2 Å². The molecule has 2 aliphatic heterocycles. The number of aliphatic hydroxyl groups is 1. The lowest BCUT2D eigenvalue weighted by Crippen LogP contribution is -2.65. The van der Waals surface area contributed by atoms with E-state index in [9.17, 15) is 4.79 Å². The van der Waals surface area contributed by atoms with Crippen LogP contribution in [0.25, 0.3) is 0 Å². The molecule has 2 heterocycles. The molecule has 0 radical (unpaired) electrons. The molecule has 1 amide bonds. The normalized spacial score (nSPS) is 32.2. The van der Waals surface area contributed by atoms with Crippen LogP contribution in [0.4, 0.5) is 4.79 Å². The minimum atomic E-state index is -0.808. The summed E-state index contributed by atoms with van der Waals surface area (Å²) in [5.74, 6) is 0.557. The van der Waals surface area contributed by atoms with Crippen molar-refractivity contribution in [1.29, 1.82) is 0 Å². The van der Waals surface area contributed by atoms with Gasteiger partial charge in [0, 0.05) is 19.6 Å². The van der Waals surface area contributed by atoms with Crippen LogP contribution in [0.2, 0.25) is 0 Å². The minimum absolute atomic E-state index is 0.157. The van der Waals surface area contributed by atoms with Gasteiger partial charge in [-0.2, -0.15) is 0 Å². The van der Waals surface area contributed by atoms with Crippen molar-refractivity contribution in [2.75, 3.05) is 32.8 Å². The number of hydrogen-bond acceptors (Lipinski definition) is 3. The highest BCUT2D eigenvalue weighted by Gasteiger charge is 2.44. The zero-order valence-electron chi connectivity index (χ0n) is 8.09. The highest BCUT2D eigenvalue weighted by atomic mass is 16.4. The summed E-state index contributed by atoms with van der Waals surface area (Å²) in [4.78, 5) is 14.4. The molecule has 80 valence electrons. The van der Waals surface area contributed by atoms with Crippen LogP contribution in [0, 0.1) is 5.92 Å². The third-order valence-electron chi connectivity index (χ3n) is 3.30. The zero-order chi connectivity index (χ0) is 10.1. The van der Waals surface area contributed by atoms with E-state index in [0.29, 0.717) is 19.0 Å². The Bertz CT molecular complexity index is 234. The van der Waals surface area contributed by atoms with E-state index < -0.39 is 6.09 Å². The van der Waals surface area contributed by atoms with Crippen LogP contribution < -0.4 is 0 Å². The maximum Gasteiger partial charge on any atom is 0.407 e. The average Bonchev–Trinajstić information content (AvgIpc) is 2.09. The first-order valence-electron chi connectivity index (χ1n) is 5.05. The Labute approximate surface area is 82.9 Å². The monoisotopic (exact) mass is 200 g/mol. The number of amides is 1. The van der Waals surface area contributed by atoms with Gasteiger partial charge < -0.3 is 15.1 Å². The van der Waals surface area contributed by atoms with Crippen molar-refractivity contribution in [2.24, 2.45) is 5.92 Å². The molecule has 2 N–H and O–H groups in total. The number of β-amino-alcohol motifs (C(OH)–C–C–N with tert-alkyl or cyclic N) is 1. The number of hydrogen-bond donors (Lipinski definition) is 2. The molecule has 0 aliphatic carbocycles.